The molecule has 0 saturated carbocycles. The van der Waals surface area contributed by atoms with Crippen molar-refractivity contribution in [1.82, 2.24) is 19.2 Å². The second-order valence-electron chi connectivity index (χ2n) is 7.01. The summed E-state index contributed by atoms with van der Waals surface area (Å²) in [7, 11) is -3.69. The van der Waals surface area contributed by atoms with Gasteiger partial charge in [0.2, 0.25) is 5.91 Å². The van der Waals surface area contributed by atoms with Crippen LogP contribution in [0.15, 0.2) is 59.1 Å². The minimum atomic E-state index is -3.69. The predicted octanol–water partition coefficient (Wildman–Crippen LogP) is 2.81. The molecule has 0 unspecified atom stereocenters. The Morgan fingerprint density at radius 3 is 2.76 bits per heavy atom. The van der Waals surface area contributed by atoms with Crippen LogP contribution in [0.1, 0.15) is 5.69 Å². The number of benzene rings is 1. The smallest absolute Gasteiger partial charge is 0.253 e. The molecule has 1 fully saturated rings. The molecule has 4 heterocycles. The molecule has 148 valence electrons. The first kappa shape index (κ1) is 18.3. The molecular weight excluding hydrogens is 408 g/mol. The lowest BCUT2D eigenvalue weighted by atomic mass is 10.3. The molecule has 1 amide bonds. The maximum atomic E-state index is 13.0. The lowest BCUT2D eigenvalue weighted by Crippen LogP contribution is -2.51. The van der Waals surface area contributed by atoms with Gasteiger partial charge in [-0.25, -0.2) is 8.42 Å². The number of hydrogen-bond acceptors (Lipinski definition) is 5. The van der Waals surface area contributed by atoms with Gasteiger partial charge in [-0.3, -0.25) is 9.78 Å². The van der Waals surface area contributed by atoms with Gasteiger partial charge in [-0.15, -0.1) is 11.3 Å². The van der Waals surface area contributed by atoms with E-state index in [9.17, 15) is 13.2 Å². The molecule has 1 aromatic carbocycles. The van der Waals surface area contributed by atoms with Crippen molar-refractivity contribution >= 4 is 48.3 Å². The summed E-state index contributed by atoms with van der Waals surface area (Å²) in [5, 5.41) is 1.88. The number of nitrogens with one attached hydrogen (secondary N) is 1. The number of H-pyrrole nitrogens is 1. The molecule has 1 saturated heterocycles. The Morgan fingerprint density at radius 2 is 1.97 bits per heavy atom. The zero-order valence-corrected chi connectivity index (χ0v) is 17.0. The highest BCUT2D eigenvalue weighted by atomic mass is 32.2. The second-order valence-corrected chi connectivity index (χ2v) is 10.3. The third kappa shape index (κ3) is 3.31. The summed E-state index contributed by atoms with van der Waals surface area (Å²) in [5.74, 6) is -0.197. The third-order valence-electron chi connectivity index (χ3n) is 5.12. The SMILES string of the molecule is O=C1CN(S(=O)(=O)c2cc3ccccc3s2)CCN1Cc1cc2cnccc2[nH]1. The van der Waals surface area contributed by atoms with E-state index in [1.54, 1.807) is 23.4 Å². The van der Waals surface area contributed by atoms with Crippen molar-refractivity contribution in [3.05, 3.63) is 60.6 Å². The van der Waals surface area contributed by atoms with Crippen molar-refractivity contribution in [1.29, 1.82) is 0 Å². The number of piperazine rings is 1. The lowest BCUT2D eigenvalue weighted by molar-refractivity contribution is -0.134. The van der Waals surface area contributed by atoms with Gasteiger partial charge in [-0.05, 0) is 29.7 Å². The molecule has 3 aromatic heterocycles. The average Bonchev–Trinajstić information content (AvgIpc) is 3.33. The van der Waals surface area contributed by atoms with E-state index in [1.807, 2.05) is 36.4 Å². The first-order chi connectivity index (χ1) is 14.0. The quantitative estimate of drug-likeness (QED) is 0.544. The molecule has 4 aromatic rings. The van der Waals surface area contributed by atoms with Crippen molar-refractivity contribution in [2.45, 2.75) is 10.8 Å². The molecule has 1 aliphatic heterocycles. The van der Waals surface area contributed by atoms with E-state index in [0.29, 0.717) is 13.1 Å². The Morgan fingerprint density at radius 1 is 1.10 bits per heavy atom. The topological polar surface area (TPSA) is 86.4 Å². The number of sulfonamides is 1. The number of rotatable bonds is 4. The maximum Gasteiger partial charge on any atom is 0.253 e. The van der Waals surface area contributed by atoms with Crippen LogP contribution in [0.4, 0.5) is 0 Å². The summed E-state index contributed by atoms with van der Waals surface area (Å²) >= 11 is 1.24. The molecule has 0 bridgehead atoms. The number of amides is 1. The molecule has 7 nitrogen and oxygen atoms in total. The van der Waals surface area contributed by atoms with E-state index in [4.69, 9.17) is 0 Å². The average molecular weight is 427 g/mol. The molecule has 9 heteroatoms. The van der Waals surface area contributed by atoms with Gasteiger partial charge in [0, 0.05) is 46.8 Å². The normalized spacial score (nSPS) is 16.1. The predicted molar refractivity (Wildman–Crippen MR) is 112 cm³/mol. The van der Waals surface area contributed by atoms with Crippen molar-refractivity contribution in [3.63, 3.8) is 0 Å². The largest absolute Gasteiger partial charge is 0.357 e. The molecule has 0 radical (unpaired) electrons. The Balaban J connectivity index is 1.33. The van der Waals surface area contributed by atoms with E-state index in [1.165, 1.54) is 15.6 Å². The van der Waals surface area contributed by atoms with Gasteiger partial charge in [-0.1, -0.05) is 18.2 Å². The maximum absolute atomic E-state index is 13.0. The minimum Gasteiger partial charge on any atom is -0.357 e. The van der Waals surface area contributed by atoms with Crippen LogP contribution in [0.5, 0.6) is 0 Å². The van der Waals surface area contributed by atoms with E-state index >= 15 is 0 Å². The molecule has 0 atom stereocenters. The Hall–Kier alpha value is -2.75. The van der Waals surface area contributed by atoms with E-state index in [2.05, 4.69) is 9.97 Å². The number of aromatic nitrogens is 2. The van der Waals surface area contributed by atoms with Crippen LogP contribution < -0.4 is 0 Å². The van der Waals surface area contributed by atoms with Crippen molar-refractivity contribution in [2.75, 3.05) is 19.6 Å². The third-order valence-corrected chi connectivity index (χ3v) is 8.53. The fourth-order valence-corrected chi connectivity index (χ4v) is 6.53. The summed E-state index contributed by atoms with van der Waals surface area (Å²) in [4.78, 5) is 21.7. The van der Waals surface area contributed by atoms with E-state index in [0.717, 1.165) is 26.7 Å². The van der Waals surface area contributed by atoms with Gasteiger partial charge in [-0.2, -0.15) is 4.31 Å². The van der Waals surface area contributed by atoms with Crippen LogP contribution in [0.3, 0.4) is 0 Å². The summed E-state index contributed by atoms with van der Waals surface area (Å²) < 4.78 is 28.6. The number of carbonyl (C=O) groups excluding carboxylic acids is 1. The lowest BCUT2D eigenvalue weighted by Gasteiger charge is -2.33. The molecule has 1 N–H and O–H groups in total. The highest BCUT2D eigenvalue weighted by molar-refractivity contribution is 7.91. The van der Waals surface area contributed by atoms with Gasteiger partial charge in [0.1, 0.15) is 4.21 Å². The molecule has 1 aliphatic rings. The van der Waals surface area contributed by atoms with Crippen LogP contribution in [0.2, 0.25) is 0 Å². The number of aromatic amines is 1. The van der Waals surface area contributed by atoms with Gasteiger partial charge in [0.15, 0.2) is 0 Å². The molecule has 0 aliphatic carbocycles. The molecule has 5 rings (SSSR count). The van der Waals surface area contributed by atoms with Crippen LogP contribution in [-0.2, 0) is 21.4 Å². The molecule has 29 heavy (non-hydrogen) atoms. The summed E-state index contributed by atoms with van der Waals surface area (Å²) in [6.45, 7) is 0.920. The highest BCUT2D eigenvalue weighted by Gasteiger charge is 2.34. The zero-order chi connectivity index (χ0) is 20.0. The Bertz CT molecular complexity index is 1260. The van der Waals surface area contributed by atoms with Gasteiger partial charge in [0.05, 0.1) is 13.1 Å². The summed E-state index contributed by atoms with van der Waals surface area (Å²) in [6, 6.07) is 13.1. The second kappa shape index (κ2) is 6.94. The number of carbonyl (C=O) groups is 1. The van der Waals surface area contributed by atoms with Crippen molar-refractivity contribution in [3.8, 4) is 0 Å². The molecule has 0 spiro atoms. The molecular formula is C20H18N4O3S2. The number of pyridine rings is 1. The number of thiophene rings is 1. The summed E-state index contributed by atoms with van der Waals surface area (Å²) in [6.07, 6.45) is 3.48. The van der Waals surface area contributed by atoms with Crippen LogP contribution in [0, 0.1) is 0 Å². The Kier molecular flexibility index (Phi) is 4.38. The number of fused-ring (bicyclic) bond motifs is 2. The first-order valence-corrected chi connectivity index (χ1v) is 11.4. The van der Waals surface area contributed by atoms with Gasteiger partial charge in [0.25, 0.3) is 10.0 Å². The Labute approximate surface area is 171 Å². The number of nitrogens with zero attached hydrogens (tertiary/aromatic N) is 3. The monoisotopic (exact) mass is 426 g/mol. The van der Waals surface area contributed by atoms with Crippen LogP contribution in [-0.4, -0.2) is 53.1 Å². The van der Waals surface area contributed by atoms with Gasteiger partial charge < -0.3 is 9.88 Å². The fraction of sp³-hybridized carbons (Fsp3) is 0.200. The van der Waals surface area contributed by atoms with Gasteiger partial charge >= 0.3 is 0 Å². The summed E-state index contributed by atoms with van der Waals surface area (Å²) in [5.41, 5.74) is 1.87. The fourth-order valence-electron chi connectivity index (χ4n) is 3.59. The van der Waals surface area contributed by atoms with Crippen molar-refractivity contribution < 1.29 is 13.2 Å². The van der Waals surface area contributed by atoms with Crippen LogP contribution >= 0.6 is 11.3 Å². The van der Waals surface area contributed by atoms with E-state index < -0.39 is 10.0 Å². The highest BCUT2D eigenvalue weighted by Crippen LogP contribution is 2.31. The number of hydrogen-bond donors (Lipinski definition) is 1. The van der Waals surface area contributed by atoms with Crippen molar-refractivity contribution in [2.24, 2.45) is 0 Å². The van der Waals surface area contributed by atoms with E-state index in [-0.39, 0.29) is 23.2 Å². The zero-order valence-electron chi connectivity index (χ0n) is 15.4. The van der Waals surface area contributed by atoms with Crippen LogP contribution in [0.25, 0.3) is 21.0 Å². The minimum absolute atomic E-state index is 0.141. The standard InChI is InChI=1S/C20H18N4O3S2/c25-19-13-24(29(26,27)20-10-14-3-1-2-4-18(14)28-20)8-7-23(19)12-16-9-15-11-21-6-5-17(15)22-16/h1-6,9-11,22H,7-8,12-13H2. The first-order valence-electron chi connectivity index (χ1n) is 9.19.